The van der Waals surface area contributed by atoms with Gasteiger partial charge in [0.25, 0.3) is 0 Å². The van der Waals surface area contributed by atoms with Gasteiger partial charge in [-0.15, -0.1) is 11.3 Å². The highest BCUT2D eigenvalue weighted by atomic mass is 32.1. The van der Waals surface area contributed by atoms with E-state index >= 15 is 0 Å². The van der Waals surface area contributed by atoms with E-state index in [9.17, 15) is 4.79 Å². The molecule has 0 radical (unpaired) electrons. The van der Waals surface area contributed by atoms with Crippen LogP contribution in [0, 0.1) is 11.8 Å². The summed E-state index contributed by atoms with van der Waals surface area (Å²) < 4.78 is 0. The van der Waals surface area contributed by atoms with Gasteiger partial charge in [0.15, 0.2) is 0 Å². The maximum Gasteiger partial charge on any atom is 0.335 e. The van der Waals surface area contributed by atoms with Gasteiger partial charge in [-0.05, 0) is 43.2 Å². The highest BCUT2D eigenvalue weighted by Crippen LogP contribution is 2.36. The van der Waals surface area contributed by atoms with Crippen LogP contribution in [0.4, 0.5) is 0 Å². The fourth-order valence-corrected chi connectivity index (χ4v) is 4.05. The van der Waals surface area contributed by atoms with Gasteiger partial charge in [0, 0.05) is 10.4 Å². The summed E-state index contributed by atoms with van der Waals surface area (Å²) in [4.78, 5) is 17.1. The van der Waals surface area contributed by atoms with Crippen molar-refractivity contribution in [2.24, 2.45) is 11.8 Å². The highest BCUT2D eigenvalue weighted by molar-refractivity contribution is 7.15. The van der Waals surface area contributed by atoms with Gasteiger partial charge in [0.05, 0.1) is 11.3 Å². The Morgan fingerprint density at radius 1 is 1.33 bits per heavy atom. The van der Waals surface area contributed by atoms with E-state index in [1.807, 2.05) is 12.1 Å². The Labute approximate surface area is 128 Å². The fraction of sp³-hybridized carbons (Fsp3) is 0.412. The van der Waals surface area contributed by atoms with Gasteiger partial charge in [-0.1, -0.05) is 26.0 Å². The second kappa shape index (κ2) is 5.60. The minimum absolute atomic E-state index is 0.319. The quantitative estimate of drug-likeness (QED) is 0.921. The molecule has 3 rings (SSSR count). The van der Waals surface area contributed by atoms with Gasteiger partial charge in [0.1, 0.15) is 5.01 Å². The Morgan fingerprint density at radius 3 is 2.67 bits per heavy atom. The smallest absolute Gasteiger partial charge is 0.335 e. The summed E-state index contributed by atoms with van der Waals surface area (Å²) in [7, 11) is 0. The van der Waals surface area contributed by atoms with Crippen molar-refractivity contribution in [2.75, 3.05) is 0 Å². The molecular weight excluding hydrogens is 282 g/mol. The SMILES string of the molecule is CC(C)C1CCc2nc(-c3ccc(C(=O)O)cc3)sc2C1. The summed E-state index contributed by atoms with van der Waals surface area (Å²) in [6, 6.07) is 7.01. The third-order valence-electron chi connectivity index (χ3n) is 4.30. The highest BCUT2D eigenvalue weighted by Gasteiger charge is 2.24. The van der Waals surface area contributed by atoms with Crippen LogP contribution in [-0.4, -0.2) is 16.1 Å². The van der Waals surface area contributed by atoms with Crippen molar-refractivity contribution in [2.45, 2.75) is 33.1 Å². The predicted octanol–water partition coefficient (Wildman–Crippen LogP) is 4.27. The molecule has 0 saturated carbocycles. The summed E-state index contributed by atoms with van der Waals surface area (Å²) in [5.41, 5.74) is 2.58. The normalized spacial score (nSPS) is 17.8. The lowest BCUT2D eigenvalue weighted by Gasteiger charge is -2.24. The lowest BCUT2D eigenvalue weighted by atomic mass is 9.83. The Hall–Kier alpha value is -1.68. The molecule has 1 atom stereocenters. The molecule has 4 heteroatoms. The Balaban J connectivity index is 1.86. The van der Waals surface area contributed by atoms with Crippen LogP contribution < -0.4 is 0 Å². The predicted molar refractivity (Wildman–Crippen MR) is 84.9 cm³/mol. The molecule has 1 N–H and O–H groups in total. The minimum atomic E-state index is -0.889. The number of hydrogen-bond acceptors (Lipinski definition) is 3. The molecule has 1 aromatic carbocycles. The summed E-state index contributed by atoms with van der Waals surface area (Å²) >= 11 is 1.77. The van der Waals surface area contributed by atoms with Gasteiger partial charge < -0.3 is 5.11 Å². The Bertz CT molecular complexity index is 658. The van der Waals surface area contributed by atoms with Gasteiger partial charge in [-0.25, -0.2) is 9.78 Å². The number of nitrogens with zero attached hydrogens (tertiary/aromatic N) is 1. The third-order valence-corrected chi connectivity index (χ3v) is 5.47. The van der Waals surface area contributed by atoms with Gasteiger partial charge in [0.2, 0.25) is 0 Å². The van der Waals surface area contributed by atoms with Crippen LogP contribution in [0.15, 0.2) is 24.3 Å². The number of aromatic nitrogens is 1. The lowest BCUT2D eigenvalue weighted by Crippen LogP contribution is -2.17. The number of benzene rings is 1. The fourth-order valence-electron chi connectivity index (χ4n) is 2.85. The zero-order chi connectivity index (χ0) is 15.0. The van der Waals surface area contributed by atoms with Crippen molar-refractivity contribution in [1.29, 1.82) is 0 Å². The summed E-state index contributed by atoms with van der Waals surface area (Å²) in [5.74, 6) is 0.596. The van der Waals surface area contributed by atoms with Crippen LogP contribution in [0.1, 0.15) is 41.2 Å². The molecule has 1 heterocycles. The molecule has 3 nitrogen and oxygen atoms in total. The topological polar surface area (TPSA) is 50.2 Å². The average molecular weight is 301 g/mol. The van der Waals surface area contributed by atoms with Gasteiger partial charge in [-0.2, -0.15) is 0 Å². The Kier molecular flexibility index (Phi) is 3.81. The van der Waals surface area contributed by atoms with Crippen molar-refractivity contribution >= 4 is 17.3 Å². The number of aryl methyl sites for hydroxylation is 1. The molecule has 0 aliphatic heterocycles. The Morgan fingerprint density at radius 2 is 2.05 bits per heavy atom. The van der Waals surface area contributed by atoms with Crippen LogP contribution in [0.2, 0.25) is 0 Å². The van der Waals surface area contributed by atoms with E-state index in [4.69, 9.17) is 10.1 Å². The number of aromatic carboxylic acids is 1. The monoisotopic (exact) mass is 301 g/mol. The number of carboxylic acid groups (broad SMARTS) is 1. The second-order valence-corrected chi connectivity index (χ2v) is 7.10. The maximum atomic E-state index is 10.9. The number of fused-ring (bicyclic) bond motifs is 1. The molecule has 1 unspecified atom stereocenters. The largest absolute Gasteiger partial charge is 0.478 e. The first-order chi connectivity index (χ1) is 10.0. The number of carboxylic acids is 1. The van der Waals surface area contributed by atoms with E-state index in [-0.39, 0.29) is 0 Å². The average Bonchev–Trinajstić information content (AvgIpc) is 2.90. The first kappa shape index (κ1) is 14.3. The maximum absolute atomic E-state index is 10.9. The molecular formula is C17H19NO2S. The van der Waals surface area contributed by atoms with E-state index in [2.05, 4.69) is 13.8 Å². The van der Waals surface area contributed by atoms with Gasteiger partial charge in [-0.3, -0.25) is 0 Å². The number of rotatable bonds is 3. The number of thiazole rings is 1. The summed E-state index contributed by atoms with van der Waals surface area (Å²) in [5, 5.41) is 9.96. The molecule has 0 bridgehead atoms. The zero-order valence-electron chi connectivity index (χ0n) is 12.3. The van der Waals surface area contributed by atoms with Crippen LogP contribution in [0.3, 0.4) is 0 Å². The molecule has 2 aromatic rings. The standard InChI is InChI=1S/C17H19NO2S/c1-10(2)13-7-8-14-15(9-13)21-16(18-14)11-3-5-12(6-4-11)17(19)20/h3-6,10,13H,7-9H2,1-2H3,(H,19,20). The molecule has 1 aromatic heterocycles. The van der Waals surface area contributed by atoms with E-state index in [0.29, 0.717) is 5.56 Å². The minimum Gasteiger partial charge on any atom is -0.478 e. The zero-order valence-corrected chi connectivity index (χ0v) is 13.1. The number of carbonyl (C=O) groups is 1. The van der Waals surface area contributed by atoms with E-state index in [1.165, 1.54) is 17.0 Å². The van der Waals surface area contributed by atoms with Crippen molar-refractivity contribution in [1.82, 2.24) is 4.98 Å². The molecule has 1 aliphatic rings. The van der Waals surface area contributed by atoms with Crippen LogP contribution in [-0.2, 0) is 12.8 Å². The molecule has 21 heavy (non-hydrogen) atoms. The van der Waals surface area contributed by atoms with E-state index < -0.39 is 5.97 Å². The van der Waals surface area contributed by atoms with Crippen molar-refractivity contribution in [3.63, 3.8) is 0 Å². The van der Waals surface area contributed by atoms with Crippen LogP contribution >= 0.6 is 11.3 Å². The second-order valence-electron chi connectivity index (χ2n) is 6.02. The van der Waals surface area contributed by atoms with Crippen molar-refractivity contribution in [3.8, 4) is 10.6 Å². The molecule has 0 saturated heterocycles. The van der Waals surface area contributed by atoms with Gasteiger partial charge >= 0.3 is 5.97 Å². The first-order valence-corrected chi connectivity index (χ1v) is 8.18. The van der Waals surface area contributed by atoms with E-state index in [1.54, 1.807) is 23.5 Å². The third kappa shape index (κ3) is 2.86. The van der Waals surface area contributed by atoms with Crippen molar-refractivity contribution in [3.05, 3.63) is 40.4 Å². The molecule has 0 spiro atoms. The van der Waals surface area contributed by atoms with E-state index in [0.717, 1.165) is 35.2 Å². The van der Waals surface area contributed by atoms with Crippen LogP contribution in [0.25, 0.3) is 10.6 Å². The summed E-state index contributed by atoms with van der Waals surface area (Å²) in [6.07, 6.45) is 3.44. The molecule has 1 aliphatic carbocycles. The first-order valence-electron chi connectivity index (χ1n) is 7.37. The summed E-state index contributed by atoms with van der Waals surface area (Å²) in [6.45, 7) is 4.59. The van der Waals surface area contributed by atoms with Crippen LogP contribution in [0.5, 0.6) is 0 Å². The molecule has 0 fully saturated rings. The lowest BCUT2D eigenvalue weighted by molar-refractivity contribution is 0.0697. The molecule has 110 valence electrons. The van der Waals surface area contributed by atoms with Crippen molar-refractivity contribution < 1.29 is 9.90 Å². The molecule has 0 amide bonds. The number of hydrogen-bond donors (Lipinski definition) is 1.